The summed E-state index contributed by atoms with van der Waals surface area (Å²) in [5.74, 6) is 1.30. The van der Waals surface area contributed by atoms with Crippen molar-refractivity contribution in [3.8, 4) is 0 Å². The predicted molar refractivity (Wildman–Crippen MR) is 61.8 cm³/mol. The average molecular weight is 209 g/mol. The molecule has 86 valence electrons. The standard InChI is InChI=1S/C13H23NO/c1-2-13(6-8-14-9-7-13)12(15)10-11-4-3-5-11/h11,14H,2-10H2,1H3. The van der Waals surface area contributed by atoms with Crippen LogP contribution in [0.1, 0.15) is 51.9 Å². The summed E-state index contributed by atoms with van der Waals surface area (Å²) in [6.07, 6.45) is 7.98. The van der Waals surface area contributed by atoms with Crippen molar-refractivity contribution in [1.29, 1.82) is 0 Å². The molecule has 1 N–H and O–H groups in total. The first-order valence-electron chi connectivity index (χ1n) is 6.51. The Morgan fingerprint density at radius 2 is 2.00 bits per heavy atom. The third kappa shape index (κ3) is 2.25. The third-order valence-corrected chi connectivity index (χ3v) is 4.53. The molecule has 0 spiro atoms. The molecule has 0 radical (unpaired) electrons. The molecule has 1 saturated heterocycles. The normalized spacial score (nSPS) is 25.9. The monoisotopic (exact) mass is 209 g/mol. The second-order valence-electron chi connectivity index (χ2n) is 5.31. The number of hydrogen-bond donors (Lipinski definition) is 1. The average Bonchev–Trinajstić information content (AvgIpc) is 2.24. The second-order valence-corrected chi connectivity index (χ2v) is 5.31. The number of nitrogens with one attached hydrogen (secondary N) is 1. The molecule has 2 heteroatoms. The number of rotatable bonds is 4. The van der Waals surface area contributed by atoms with Gasteiger partial charge in [0.15, 0.2) is 0 Å². The highest BCUT2D eigenvalue weighted by atomic mass is 16.1. The summed E-state index contributed by atoms with van der Waals surface area (Å²) < 4.78 is 0. The van der Waals surface area contributed by atoms with Crippen LogP contribution in [-0.2, 0) is 4.79 Å². The first-order valence-corrected chi connectivity index (χ1v) is 6.51. The fourth-order valence-electron chi connectivity index (χ4n) is 2.91. The van der Waals surface area contributed by atoms with Gasteiger partial charge in [-0.15, -0.1) is 0 Å². The van der Waals surface area contributed by atoms with E-state index >= 15 is 0 Å². The molecule has 15 heavy (non-hydrogen) atoms. The van der Waals surface area contributed by atoms with Crippen LogP contribution in [0.15, 0.2) is 0 Å². The van der Waals surface area contributed by atoms with Gasteiger partial charge in [-0.25, -0.2) is 0 Å². The molecular weight excluding hydrogens is 186 g/mol. The minimum absolute atomic E-state index is 0.0425. The van der Waals surface area contributed by atoms with Crippen molar-refractivity contribution in [2.45, 2.75) is 51.9 Å². The van der Waals surface area contributed by atoms with Gasteiger partial charge in [0.05, 0.1) is 0 Å². The van der Waals surface area contributed by atoms with E-state index in [1.165, 1.54) is 19.3 Å². The smallest absolute Gasteiger partial charge is 0.139 e. The minimum Gasteiger partial charge on any atom is -0.317 e. The molecule has 0 aromatic rings. The number of hydrogen-bond acceptors (Lipinski definition) is 2. The van der Waals surface area contributed by atoms with Gasteiger partial charge in [0, 0.05) is 11.8 Å². The summed E-state index contributed by atoms with van der Waals surface area (Å²) in [5, 5.41) is 3.36. The topological polar surface area (TPSA) is 29.1 Å². The first-order chi connectivity index (χ1) is 7.27. The van der Waals surface area contributed by atoms with Crippen LogP contribution >= 0.6 is 0 Å². The molecule has 2 nitrogen and oxygen atoms in total. The maximum absolute atomic E-state index is 12.3. The highest BCUT2D eigenvalue weighted by molar-refractivity contribution is 5.85. The summed E-state index contributed by atoms with van der Waals surface area (Å²) in [5.41, 5.74) is 0.0425. The number of ketones is 1. The quantitative estimate of drug-likeness (QED) is 0.771. The van der Waals surface area contributed by atoms with Gasteiger partial charge in [0.2, 0.25) is 0 Å². The first kappa shape index (κ1) is 11.1. The highest BCUT2D eigenvalue weighted by Gasteiger charge is 2.38. The summed E-state index contributed by atoms with van der Waals surface area (Å²) in [4.78, 5) is 12.3. The van der Waals surface area contributed by atoms with E-state index in [-0.39, 0.29) is 5.41 Å². The molecule has 0 aromatic heterocycles. The lowest BCUT2D eigenvalue weighted by molar-refractivity contribution is -0.132. The fraction of sp³-hybridized carbons (Fsp3) is 0.923. The Morgan fingerprint density at radius 1 is 1.33 bits per heavy atom. The molecule has 2 rings (SSSR count). The van der Waals surface area contributed by atoms with Crippen molar-refractivity contribution < 1.29 is 4.79 Å². The Bertz CT molecular complexity index is 227. The molecule has 0 aromatic carbocycles. The van der Waals surface area contributed by atoms with Crippen LogP contribution in [0.5, 0.6) is 0 Å². The molecule has 2 aliphatic rings. The Balaban J connectivity index is 1.93. The lowest BCUT2D eigenvalue weighted by Crippen LogP contribution is -2.42. The van der Waals surface area contributed by atoms with Crippen molar-refractivity contribution in [3.63, 3.8) is 0 Å². The molecule has 1 heterocycles. The molecule has 0 unspecified atom stereocenters. The van der Waals surface area contributed by atoms with Crippen LogP contribution in [0, 0.1) is 11.3 Å². The molecule has 0 amide bonds. The number of carbonyl (C=O) groups is 1. The lowest BCUT2D eigenvalue weighted by Gasteiger charge is -2.37. The van der Waals surface area contributed by atoms with E-state index in [2.05, 4.69) is 12.2 Å². The molecule has 0 bridgehead atoms. The summed E-state index contributed by atoms with van der Waals surface area (Å²) in [7, 11) is 0. The highest BCUT2D eigenvalue weighted by Crippen LogP contribution is 2.39. The maximum atomic E-state index is 12.3. The van der Waals surface area contributed by atoms with Crippen molar-refractivity contribution in [2.24, 2.45) is 11.3 Å². The zero-order chi connectivity index (χ0) is 10.7. The number of carbonyl (C=O) groups excluding carboxylic acids is 1. The fourth-order valence-corrected chi connectivity index (χ4v) is 2.91. The van der Waals surface area contributed by atoms with Crippen LogP contribution in [-0.4, -0.2) is 18.9 Å². The Hall–Kier alpha value is -0.370. The van der Waals surface area contributed by atoms with Crippen LogP contribution in [0.2, 0.25) is 0 Å². The molecule has 2 fully saturated rings. The van der Waals surface area contributed by atoms with Crippen LogP contribution in [0.4, 0.5) is 0 Å². The molecular formula is C13H23NO. The van der Waals surface area contributed by atoms with Crippen LogP contribution in [0.3, 0.4) is 0 Å². The zero-order valence-electron chi connectivity index (χ0n) is 9.85. The van der Waals surface area contributed by atoms with Gasteiger partial charge in [-0.1, -0.05) is 26.2 Å². The van der Waals surface area contributed by atoms with Gasteiger partial charge in [-0.3, -0.25) is 4.79 Å². The van der Waals surface area contributed by atoms with E-state index in [0.717, 1.165) is 44.7 Å². The summed E-state index contributed by atoms with van der Waals surface area (Å²) >= 11 is 0. The number of Topliss-reactive ketones (excluding diaryl/α,β-unsaturated/α-hetero) is 1. The van der Waals surface area contributed by atoms with E-state index < -0.39 is 0 Å². The van der Waals surface area contributed by atoms with Crippen molar-refractivity contribution in [3.05, 3.63) is 0 Å². The van der Waals surface area contributed by atoms with E-state index in [0.29, 0.717) is 5.78 Å². The Kier molecular flexibility index (Phi) is 3.45. The Morgan fingerprint density at radius 3 is 2.47 bits per heavy atom. The minimum atomic E-state index is 0.0425. The van der Waals surface area contributed by atoms with E-state index in [1.54, 1.807) is 0 Å². The maximum Gasteiger partial charge on any atom is 0.139 e. The summed E-state index contributed by atoms with van der Waals surface area (Å²) in [6, 6.07) is 0. The summed E-state index contributed by atoms with van der Waals surface area (Å²) in [6.45, 7) is 4.25. The molecule has 1 aliphatic heterocycles. The van der Waals surface area contributed by atoms with E-state index in [9.17, 15) is 4.79 Å². The molecule has 1 aliphatic carbocycles. The van der Waals surface area contributed by atoms with Crippen molar-refractivity contribution >= 4 is 5.78 Å². The van der Waals surface area contributed by atoms with Crippen molar-refractivity contribution in [1.82, 2.24) is 5.32 Å². The van der Waals surface area contributed by atoms with Gasteiger partial charge in [-0.05, 0) is 38.3 Å². The third-order valence-electron chi connectivity index (χ3n) is 4.53. The predicted octanol–water partition coefficient (Wildman–Crippen LogP) is 2.53. The largest absolute Gasteiger partial charge is 0.317 e. The van der Waals surface area contributed by atoms with Gasteiger partial charge >= 0.3 is 0 Å². The lowest BCUT2D eigenvalue weighted by atomic mass is 9.69. The van der Waals surface area contributed by atoms with Crippen molar-refractivity contribution in [2.75, 3.05) is 13.1 Å². The van der Waals surface area contributed by atoms with Crippen LogP contribution in [0.25, 0.3) is 0 Å². The van der Waals surface area contributed by atoms with Gasteiger partial charge in [0.1, 0.15) is 5.78 Å². The Labute approximate surface area is 92.8 Å². The van der Waals surface area contributed by atoms with Gasteiger partial charge in [0.25, 0.3) is 0 Å². The number of piperidine rings is 1. The van der Waals surface area contributed by atoms with Crippen LogP contribution < -0.4 is 5.32 Å². The zero-order valence-corrected chi connectivity index (χ0v) is 9.85. The second kappa shape index (κ2) is 4.65. The van der Waals surface area contributed by atoms with E-state index in [1.807, 2.05) is 0 Å². The van der Waals surface area contributed by atoms with Gasteiger partial charge in [-0.2, -0.15) is 0 Å². The van der Waals surface area contributed by atoms with Gasteiger partial charge < -0.3 is 5.32 Å². The SMILES string of the molecule is CCC1(C(=O)CC2CCC2)CCNCC1. The molecule has 1 saturated carbocycles. The van der Waals surface area contributed by atoms with E-state index in [4.69, 9.17) is 0 Å². The molecule has 0 atom stereocenters.